The minimum atomic E-state index is 0.690. The first-order chi connectivity index (χ1) is 9.40. The summed E-state index contributed by atoms with van der Waals surface area (Å²) in [5.41, 5.74) is 1.32. The first-order valence-electron chi connectivity index (χ1n) is 6.91. The zero-order valence-electron chi connectivity index (χ0n) is 11.6. The Balaban J connectivity index is 1.68. The Morgan fingerprint density at radius 1 is 1.21 bits per heavy atom. The molecule has 0 aromatic heterocycles. The van der Waals surface area contributed by atoms with Crippen molar-refractivity contribution in [3.63, 3.8) is 0 Å². The first-order valence-corrected chi connectivity index (χ1v) is 9.22. The number of hydrogen-bond donors (Lipinski definition) is 1. The molecule has 0 spiro atoms. The number of para-hydroxylation sites is 1. The van der Waals surface area contributed by atoms with Crippen LogP contribution in [-0.4, -0.2) is 42.7 Å². The number of aryl methyl sites for hydroxylation is 1. The summed E-state index contributed by atoms with van der Waals surface area (Å²) in [6.45, 7) is 1.10. The average Bonchev–Trinajstić information content (AvgIpc) is 2.72. The molecule has 0 bridgehead atoms. The largest absolute Gasteiger partial charge is 0.496 e. The van der Waals surface area contributed by atoms with Crippen molar-refractivity contribution in [1.29, 1.82) is 0 Å². The minimum absolute atomic E-state index is 0.690. The summed E-state index contributed by atoms with van der Waals surface area (Å²) < 4.78 is 5.38. The molecule has 19 heavy (non-hydrogen) atoms. The van der Waals surface area contributed by atoms with Gasteiger partial charge in [0.25, 0.3) is 0 Å². The Kier molecular flexibility index (Phi) is 6.96. The molecule has 2 rings (SSSR count). The number of methoxy groups -OCH3 is 1. The van der Waals surface area contributed by atoms with Crippen LogP contribution >= 0.6 is 23.5 Å². The predicted molar refractivity (Wildman–Crippen MR) is 87.8 cm³/mol. The lowest BCUT2D eigenvalue weighted by Gasteiger charge is -2.15. The van der Waals surface area contributed by atoms with Gasteiger partial charge >= 0.3 is 0 Å². The van der Waals surface area contributed by atoms with E-state index in [1.807, 2.05) is 12.1 Å². The van der Waals surface area contributed by atoms with Crippen molar-refractivity contribution in [3.05, 3.63) is 29.8 Å². The SMILES string of the molecule is COc1ccccc1CCCNC1CSCCSC1. The molecule has 4 heteroatoms. The van der Waals surface area contributed by atoms with Crippen molar-refractivity contribution in [2.24, 2.45) is 0 Å². The highest BCUT2D eigenvalue weighted by atomic mass is 32.2. The zero-order chi connectivity index (χ0) is 13.3. The molecule has 106 valence electrons. The molecule has 0 saturated carbocycles. The second-order valence-electron chi connectivity index (χ2n) is 4.72. The summed E-state index contributed by atoms with van der Waals surface area (Å²) in [6, 6.07) is 9.01. The number of rotatable bonds is 6. The van der Waals surface area contributed by atoms with E-state index in [1.165, 1.54) is 35.0 Å². The topological polar surface area (TPSA) is 21.3 Å². The van der Waals surface area contributed by atoms with Crippen LogP contribution in [0, 0.1) is 0 Å². The highest BCUT2D eigenvalue weighted by Crippen LogP contribution is 2.19. The molecule has 1 aliphatic rings. The third-order valence-corrected chi connectivity index (χ3v) is 5.78. The standard InChI is InChI=1S/C15H23NOS2/c1-17-15-7-3-2-5-13(15)6-4-8-16-14-11-18-9-10-19-12-14/h2-3,5,7,14,16H,4,6,8-12H2,1H3. The van der Waals surface area contributed by atoms with Gasteiger partial charge in [-0.3, -0.25) is 0 Å². The summed E-state index contributed by atoms with van der Waals surface area (Å²) in [7, 11) is 1.75. The second kappa shape index (κ2) is 8.77. The van der Waals surface area contributed by atoms with Crippen LogP contribution < -0.4 is 10.1 Å². The number of hydrogen-bond acceptors (Lipinski definition) is 4. The molecule has 0 aliphatic carbocycles. The Bertz CT molecular complexity index is 365. The highest BCUT2D eigenvalue weighted by Gasteiger charge is 2.11. The quantitative estimate of drug-likeness (QED) is 0.814. The summed E-state index contributed by atoms with van der Waals surface area (Å²) in [5.74, 6) is 6.17. The monoisotopic (exact) mass is 297 g/mol. The van der Waals surface area contributed by atoms with E-state index in [0.717, 1.165) is 18.7 Å². The minimum Gasteiger partial charge on any atom is -0.496 e. The Morgan fingerprint density at radius 2 is 1.95 bits per heavy atom. The van der Waals surface area contributed by atoms with Gasteiger partial charge in [-0.1, -0.05) is 18.2 Å². The number of ether oxygens (including phenoxy) is 1. The van der Waals surface area contributed by atoms with E-state index < -0.39 is 0 Å². The molecule has 1 aromatic carbocycles. The van der Waals surface area contributed by atoms with Gasteiger partial charge in [-0.2, -0.15) is 23.5 Å². The van der Waals surface area contributed by atoms with Crippen LogP contribution in [0.25, 0.3) is 0 Å². The van der Waals surface area contributed by atoms with Crippen LogP contribution in [0.3, 0.4) is 0 Å². The molecule has 0 radical (unpaired) electrons. The van der Waals surface area contributed by atoms with Crippen molar-refractivity contribution < 1.29 is 4.74 Å². The lowest BCUT2D eigenvalue weighted by Crippen LogP contribution is -2.34. The van der Waals surface area contributed by atoms with Crippen LogP contribution in [0.2, 0.25) is 0 Å². The van der Waals surface area contributed by atoms with Crippen molar-refractivity contribution in [3.8, 4) is 5.75 Å². The second-order valence-corrected chi connectivity index (χ2v) is 7.02. The Morgan fingerprint density at radius 3 is 2.68 bits per heavy atom. The number of thioether (sulfide) groups is 2. The molecule has 1 saturated heterocycles. The van der Waals surface area contributed by atoms with Gasteiger partial charge in [-0.05, 0) is 31.0 Å². The van der Waals surface area contributed by atoms with E-state index >= 15 is 0 Å². The third kappa shape index (κ3) is 5.28. The van der Waals surface area contributed by atoms with Gasteiger partial charge in [0.05, 0.1) is 7.11 Å². The molecular formula is C15H23NOS2. The predicted octanol–water partition coefficient (Wildman–Crippen LogP) is 3.07. The van der Waals surface area contributed by atoms with Gasteiger partial charge < -0.3 is 10.1 Å². The van der Waals surface area contributed by atoms with Crippen LogP contribution in [0.4, 0.5) is 0 Å². The van der Waals surface area contributed by atoms with Gasteiger partial charge in [0.2, 0.25) is 0 Å². The molecule has 1 aliphatic heterocycles. The van der Waals surface area contributed by atoms with E-state index in [2.05, 4.69) is 41.0 Å². The van der Waals surface area contributed by atoms with Gasteiger partial charge in [0.1, 0.15) is 5.75 Å². The molecule has 0 atom stereocenters. The zero-order valence-corrected chi connectivity index (χ0v) is 13.2. The van der Waals surface area contributed by atoms with E-state index in [1.54, 1.807) is 7.11 Å². The molecule has 0 unspecified atom stereocenters. The Hall–Kier alpha value is -0.320. The fraction of sp³-hybridized carbons (Fsp3) is 0.600. The van der Waals surface area contributed by atoms with E-state index in [-0.39, 0.29) is 0 Å². The highest BCUT2D eigenvalue weighted by molar-refractivity contribution is 8.03. The Labute approximate surface area is 125 Å². The molecular weight excluding hydrogens is 274 g/mol. The number of nitrogens with one attached hydrogen (secondary N) is 1. The fourth-order valence-electron chi connectivity index (χ4n) is 2.23. The fourth-order valence-corrected chi connectivity index (χ4v) is 4.70. The first kappa shape index (κ1) is 15.1. The van der Waals surface area contributed by atoms with E-state index in [4.69, 9.17) is 4.74 Å². The van der Waals surface area contributed by atoms with Gasteiger partial charge in [-0.15, -0.1) is 0 Å². The smallest absolute Gasteiger partial charge is 0.122 e. The van der Waals surface area contributed by atoms with E-state index in [9.17, 15) is 0 Å². The molecule has 1 N–H and O–H groups in total. The maximum Gasteiger partial charge on any atom is 0.122 e. The summed E-state index contributed by atoms with van der Waals surface area (Å²) in [6.07, 6.45) is 2.26. The average molecular weight is 297 g/mol. The third-order valence-electron chi connectivity index (χ3n) is 3.26. The molecule has 1 aromatic rings. The van der Waals surface area contributed by atoms with Gasteiger partial charge in [-0.25, -0.2) is 0 Å². The lowest BCUT2D eigenvalue weighted by molar-refractivity contribution is 0.408. The van der Waals surface area contributed by atoms with Crippen LogP contribution in [0.5, 0.6) is 5.75 Å². The van der Waals surface area contributed by atoms with Crippen LogP contribution in [0.1, 0.15) is 12.0 Å². The molecule has 2 nitrogen and oxygen atoms in total. The molecule has 0 amide bonds. The summed E-state index contributed by atoms with van der Waals surface area (Å²) >= 11 is 4.16. The normalized spacial score (nSPS) is 17.1. The maximum atomic E-state index is 5.38. The summed E-state index contributed by atoms with van der Waals surface area (Å²) in [4.78, 5) is 0. The maximum absolute atomic E-state index is 5.38. The van der Waals surface area contributed by atoms with Gasteiger partial charge in [0, 0.05) is 29.1 Å². The summed E-state index contributed by atoms with van der Waals surface area (Å²) in [5, 5.41) is 3.69. The van der Waals surface area contributed by atoms with E-state index in [0.29, 0.717) is 6.04 Å². The number of benzene rings is 1. The molecule has 1 fully saturated rings. The van der Waals surface area contributed by atoms with Gasteiger partial charge in [0.15, 0.2) is 0 Å². The molecule has 1 heterocycles. The van der Waals surface area contributed by atoms with Crippen molar-refractivity contribution in [1.82, 2.24) is 5.32 Å². The van der Waals surface area contributed by atoms with Crippen LogP contribution in [0.15, 0.2) is 24.3 Å². The lowest BCUT2D eigenvalue weighted by atomic mass is 10.1. The van der Waals surface area contributed by atoms with Crippen molar-refractivity contribution >= 4 is 23.5 Å². The van der Waals surface area contributed by atoms with Crippen molar-refractivity contribution in [2.45, 2.75) is 18.9 Å². The van der Waals surface area contributed by atoms with Crippen molar-refractivity contribution in [2.75, 3.05) is 36.7 Å². The van der Waals surface area contributed by atoms with Crippen LogP contribution in [-0.2, 0) is 6.42 Å².